The van der Waals surface area contributed by atoms with Crippen molar-refractivity contribution in [1.82, 2.24) is 10.2 Å². The first-order chi connectivity index (χ1) is 9.11. The number of ether oxygens (including phenoxy) is 1. The largest absolute Gasteiger partial charge is 0.381 e. The summed E-state index contributed by atoms with van der Waals surface area (Å²) < 4.78 is 5.72. The van der Waals surface area contributed by atoms with Crippen LogP contribution in [0, 0.1) is 11.3 Å². The summed E-state index contributed by atoms with van der Waals surface area (Å²) in [4.78, 5) is 2.68. The van der Waals surface area contributed by atoms with E-state index in [9.17, 15) is 0 Å². The van der Waals surface area contributed by atoms with Crippen molar-refractivity contribution in [3.63, 3.8) is 0 Å². The molecule has 2 atom stereocenters. The van der Waals surface area contributed by atoms with Crippen molar-refractivity contribution in [2.75, 3.05) is 50.9 Å². The topological polar surface area (TPSA) is 24.5 Å². The maximum absolute atomic E-state index is 5.72. The van der Waals surface area contributed by atoms with Crippen LogP contribution in [0.2, 0.25) is 0 Å². The molecule has 0 aromatic heterocycles. The molecule has 0 aromatic carbocycles. The highest BCUT2D eigenvalue weighted by molar-refractivity contribution is 7.99. The van der Waals surface area contributed by atoms with Crippen molar-refractivity contribution in [1.29, 1.82) is 0 Å². The number of rotatable bonds is 6. The van der Waals surface area contributed by atoms with Crippen LogP contribution in [-0.4, -0.2) is 61.8 Å². The van der Waals surface area contributed by atoms with Crippen molar-refractivity contribution in [3.05, 3.63) is 0 Å². The molecule has 1 N–H and O–H groups in total. The zero-order valence-electron chi connectivity index (χ0n) is 12.8. The fraction of sp³-hybridized carbons (Fsp3) is 1.00. The molecule has 0 amide bonds. The lowest BCUT2D eigenvalue weighted by Gasteiger charge is -2.40. The van der Waals surface area contributed by atoms with Crippen molar-refractivity contribution >= 4 is 11.8 Å². The third kappa shape index (κ3) is 4.62. The van der Waals surface area contributed by atoms with Crippen LogP contribution in [0.1, 0.15) is 27.2 Å². The molecule has 19 heavy (non-hydrogen) atoms. The van der Waals surface area contributed by atoms with Gasteiger partial charge in [0.05, 0.1) is 6.61 Å². The molecular weight excluding hydrogens is 256 g/mol. The minimum absolute atomic E-state index is 0.352. The summed E-state index contributed by atoms with van der Waals surface area (Å²) >= 11 is 2.10. The number of nitrogens with one attached hydrogen (secondary N) is 1. The van der Waals surface area contributed by atoms with Gasteiger partial charge in [-0.25, -0.2) is 0 Å². The first kappa shape index (κ1) is 15.6. The molecule has 2 unspecified atom stereocenters. The zero-order valence-corrected chi connectivity index (χ0v) is 13.6. The molecule has 2 aliphatic rings. The fourth-order valence-electron chi connectivity index (χ4n) is 3.02. The van der Waals surface area contributed by atoms with E-state index in [1.165, 1.54) is 31.0 Å². The second-order valence-corrected chi connectivity index (χ2v) is 7.87. The summed E-state index contributed by atoms with van der Waals surface area (Å²) in [7, 11) is 0. The van der Waals surface area contributed by atoms with Crippen LogP contribution in [0.25, 0.3) is 0 Å². The molecule has 2 heterocycles. The number of nitrogens with zero attached hydrogens (tertiary/aromatic N) is 1. The van der Waals surface area contributed by atoms with Gasteiger partial charge in [-0.1, -0.05) is 13.8 Å². The van der Waals surface area contributed by atoms with Gasteiger partial charge in [0, 0.05) is 49.2 Å². The Bertz CT molecular complexity index is 267. The molecule has 2 aliphatic heterocycles. The molecule has 0 radical (unpaired) electrons. The molecule has 3 nitrogen and oxygen atoms in total. The average molecular weight is 286 g/mol. The van der Waals surface area contributed by atoms with E-state index in [0.717, 1.165) is 38.3 Å². The Hall–Kier alpha value is 0.230. The summed E-state index contributed by atoms with van der Waals surface area (Å²) in [6.07, 6.45) is 1.22. The van der Waals surface area contributed by atoms with E-state index in [-0.39, 0.29) is 0 Å². The second kappa shape index (κ2) is 7.30. The van der Waals surface area contributed by atoms with Crippen LogP contribution < -0.4 is 5.32 Å². The number of hydrogen-bond donors (Lipinski definition) is 1. The summed E-state index contributed by atoms with van der Waals surface area (Å²) in [5, 5.41) is 3.66. The minimum Gasteiger partial charge on any atom is -0.381 e. The predicted molar refractivity (Wildman–Crippen MR) is 83.9 cm³/mol. The first-order valence-corrected chi connectivity index (χ1v) is 8.87. The van der Waals surface area contributed by atoms with Crippen LogP contribution in [-0.2, 0) is 4.74 Å². The molecule has 4 heteroatoms. The fourth-order valence-corrected chi connectivity index (χ4v) is 4.10. The van der Waals surface area contributed by atoms with Gasteiger partial charge in [0.25, 0.3) is 0 Å². The smallest absolute Gasteiger partial charge is 0.0547 e. The Morgan fingerprint density at radius 1 is 1.47 bits per heavy atom. The van der Waals surface area contributed by atoms with Gasteiger partial charge in [-0.2, -0.15) is 11.8 Å². The lowest BCUT2D eigenvalue weighted by molar-refractivity contribution is 0.0954. The Morgan fingerprint density at radius 3 is 2.95 bits per heavy atom. The van der Waals surface area contributed by atoms with Gasteiger partial charge in [0.2, 0.25) is 0 Å². The van der Waals surface area contributed by atoms with E-state index in [1.54, 1.807) is 0 Å². The van der Waals surface area contributed by atoms with E-state index < -0.39 is 0 Å². The quantitative estimate of drug-likeness (QED) is 0.808. The highest BCUT2D eigenvalue weighted by Gasteiger charge is 2.37. The molecule has 0 spiro atoms. The molecule has 0 bridgehead atoms. The van der Waals surface area contributed by atoms with E-state index in [0.29, 0.717) is 5.41 Å². The third-order valence-electron chi connectivity index (χ3n) is 4.28. The van der Waals surface area contributed by atoms with Crippen molar-refractivity contribution in [3.8, 4) is 0 Å². The maximum atomic E-state index is 5.72. The molecule has 2 saturated heterocycles. The Morgan fingerprint density at radius 2 is 2.32 bits per heavy atom. The van der Waals surface area contributed by atoms with Crippen molar-refractivity contribution < 1.29 is 4.74 Å². The molecule has 0 aliphatic carbocycles. The highest BCUT2D eigenvalue weighted by Crippen LogP contribution is 2.31. The number of thioether (sulfide) groups is 1. The van der Waals surface area contributed by atoms with E-state index in [1.807, 2.05) is 0 Å². The van der Waals surface area contributed by atoms with Crippen LogP contribution in [0.15, 0.2) is 0 Å². The second-order valence-electron chi connectivity index (χ2n) is 6.72. The minimum atomic E-state index is 0.352. The summed E-state index contributed by atoms with van der Waals surface area (Å²) in [6.45, 7) is 13.5. The number of hydrogen-bond acceptors (Lipinski definition) is 4. The Balaban J connectivity index is 1.87. The van der Waals surface area contributed by atoms with Gasteiger partial charge in [-0.15, -0.1) is 0 Å². The lowest BCUT2D eigenvalue weighted by atomic mass is 9.86. The van der Waals surface area contributed by atoms with Gasteiger partial charge in [-0.3, -0.25) is 4.90 Å². The van der Waals surface area contributed by atoms with Gasteiger partial charge in [0.15, 0.2) is 0 Å². The van der Waals surface area contributed by atoms with E-state index >= 15 is 0 Å². The van der Waals surface area contributed by atoms with Gasteiger partial charge in [-0.05, 0) is 25.8 Å². The predicted octanol–water partition coefficient (Wildman–Crippen LogP) is 2.08. The molecule has 2 rings (SSSR count). The molecule has 0 saturated carbocycles. The SMILES string of the molecule is CC(C)CNCC1(CN2CCSCC2C)CCOC1. The zero-order chi connectivity index (χ0) is 13.7. The van der Waals surface area contributed by atoms with Crippen molar-refractivity contribution in [2.24, 2.45) is 11.3 Å². The van der Waals surface area contributed by atoms with Crippen LogP contribution in [0.4, 0.5) is 0 Å². The Kier molecular flexibility index (Phi) is 6.00. The van der Waals surface area contributed by atoms with E-state index in [4.69, 9.17) is 4.74 Å². The van der Waals surface area contributed by atoms with Gasteiger partial charge in [0.1, 0.15) is 0 Å². The molecule has 2 fully saturated rings. The highest BCUT2D eigenvalue weighted by atomic mass is 32.2. The third-order valence-corrected chi connectivity index (χ3v) is 5.47. The van der Waals surface area contributed by atoms with Crippen LogP contribution in [0.5, 0.6) is 0 Å². The van der Waals surface area contributed by atoms with Gasteiger partial charge >= 0.3 is 0 Å². The van der Waals surface area contributed by atoms with Crippen LogP contribution in [0.3, 0.4) is 0 Å². The summed E-state index contributed by atoms with van der Waals surface area (Å²) in [6, 6.07) is 0.723. The van der Waals surface area contributed by atoms with Crippen LogP contribution >= 0.6 is 11.8 Å². The van der Waals surface area contributed by atoms with Crippen molar-refractivity contribution in [2.45, 2.75) is 33.2 Å². The normalized spacial score (nSPS) is 33.2. The van der Waals surface area contributed by atoms with Gasteiger partial charge < -0.3 is 10.1 Å². The lowest BCUT2D eigenvalue weighted by Crippen LogP contribution is -2.50. The summed E-state index contributed by atoms with van der Waals surface area (Å²) in [5.74, 6) is 3.31. The maximum Gasteiger partial charge on any atom is 0.0547 e. The molecule has 112 valence electrons. The molecular formula is C15H30N2OS. The average Bonchev–Trinajstić information content (AvgIpc) is 2.81. The molecule has 0 aromatic rings. The standard InChI is InChI=1S/C15H30N2OS/c1-13(2)8-16-10-15(4-6-18-12-15)11-17-5-7-19-9-14(17)3/h13-14,16H,4-12H2,1-3H3. The first-order valence-electron chi connectivity index (χ1n) is 7.72. The van der Waals surface area contributed by atoms with E-state index in [2.05, 4.69) is 42.7 Å². The summed E-state index contributed by atoms with van der Waals surface area (Å²) in [5.41, 5.74) is 0.352. The monoisotopic (exact) mass is 286 g/mol. The Labute approximate surface area is 122 Å².